The number of amides is 1. The van der Waals surface area contributed by atoms with E-state index in [1.807, 2.05) is 6.07 Å². The number of nitrogens with zero attached hydrogens (tertiary/aromatic N) is 1. The predicted octanol–water partition coefficient (Wildman–Crippen LogP) is 2.92. The monoisotopic (exact) mass is 292 g/mol. The molecule has 0 unspecified atom stereocenters. The largest absolute Gasteiger partial charge is 0.495 e. The molecular weight excluding hydrogens is 272 g/mol. The molecule has 1 amide bonds. The van der Waals surface area contributed by atoms with Gasteiger partial charge in [-0.15, -0.1) is 0 Å². The minimum Gasteiger partial charge on any atom is -0.495 e. The Bertz CT molecular complexity index is 543. The number of ether oxygens (including phenoxy) is 2. The first kappa shape index (κ1) is 16.7. The number of aliphatic imine (C=N–C) groups is 1. The van der Waals surface area contributed by atoms with Crippen LogP contribution in [0.1, 0.15) is 26.3 Å². The fourth-order valence-corrected chi connectivity index (χ4v) is 1.64. The molecular formula is C15H20N2O4. The quantitative estimate of drug-likeness (QED) is 0.668. The molecule has 6 heteroatoms. The number of hydrogen-bond donors (Lipinski definition) is 1. The Hall–Kier alpha value is -2.33. The lowest BCUT2D eigenvalue weighted by Gasteiger charge is -2.20. The summed E-state index contributed by atoms with van der Waals surface area (Å²) in [7, 11) is 1.52. The third kappa shape index (κ3) is 6.10. The van der Waals surface area contributed by atoms with Crippen LogP contribution in [0.5, 0.6) is 5.75 Å². The maximum absolute atomic E-state index is 11.7. The highest BCUT2D eigenvalue weighted by molar-refractivity contribution is 5.87. The van der Waals surface area contributed by atoms with Gasteiger partial charge in [0, 0.05) is 0 Å². The van der Waals surface area contributed by atoms with E-state index in [2.05, 4.69) is 10.3 Å². The van der Waals surface area contributed by atoms with Crippen molar-refractivity contribution in [3.05, 3.63) is 23.8 Å². The molecule has 0 atom stereocenters. The number of nitrogens with one attached hydrogen (secondary N) is 1. The van der Waals surface area contributed by atoms with Crippen LogP contribution in [0.4, 0.5) is 10.5 Å². The van der Waals surface area contributed by atoms with Crippen LogP contribution in [0.2, 0.25) is 0 Å². The fraction of sp³-hybridized carbons (Fsp3) is 0.467. The summed E-state index contributed by atoms with van der Waals surface area (Å²) in [5, 5.41) is 2.64. The standard InChI is InChI=1S/C15H20N2O4/c1-15(2,3)21-14(19)17-12-6-5-11(7-8-16-10-18)9-13(12)20-4/h5-6,9H,7-8H2,1-4H3,(H,17,19). The molecule has 0 bridgehead atoms. The topological polar surface area (TPSA) is 77.0 Å². The zero-order valence-corrected chi connectivity index (χ0v) is 12.7. The van der Waals surface area contributed by atoms with Crippen molar-refractivity contribution >= 4 is 17.9 Å². The van der Waals surface area contributed by atoms with E-state index < -0.39 is 11.7 Å². The highest BCUT2D eigenvalue weighted by Crippen LogP contribution is 2.26. The molecule has 6 nitrogen and oxygen atoms in total. The summed E-state index contributed by atoms with van der Waals surface area (Å²) in [4.78, 5) is 25.3. The second kappa shape index (κ2) is 7.45. The minimum atomic E-state index is -0.565. The SMILES string of the molecule is COc1cc(CCN=C=O)ccc1NC(=O)OC(C)(C)C. The molecule has 0 aliphatic carbocycles. The van der Waals surface area contributed by atoms with E-state index in [9.17, 15) is 9.59 Å². The molecule has 0 aromatic heterocycles. The van der Waals surface area contributed by atoms with E-state index in [0.717, 1.165) is 5.56 Å². The van der Waals surface area contributed by atoms with Crippen molar-refractivity contribution in [2.45, 2.75) is 32.8 Å². The van der Waals surface area contributed by atoms with Crippen LogP contribution in [0.25, 0.3) is 0 Å². The Morgan fingerprint density at radius 2 is 2.10 bits per heavy atom. The first-order valence-electron chi connectivity index (χ1n) is 6.56. The Labute approximate surface area is 124 Å². The summed E-state index contributed by atoms with van der Waals surface area (Å²) in [6.07, 6.45) is 1.55. The Morgan fingerprint density at radius 1 is 1.38 bits per heavy atom. The van der Waals surface area contributed by atoms with Gasteiger partial charge >= 0.3 is 6.09 Å². The molecule has 1 aromatic rings. The van der Waals surface area contributed by atoms with Crippen LogP contribution in [-0.2, 0) is 16.0 Å². The molecule has 1 N–H and O–H groups in total. The van der Waals surface area contributed by atoms with Gasteiger partial charge in [-0.3, -0.25) is 5.32 Å². The van der Waals surface area contributed by atoms with Gasteiger partial charge in [-0.1, -0.05) is 6.07 Å². The average molecular weight is 292 g/mol. The van der Waals surface area contributed by atoms with E-state index in [1.165, 1.54) is 13.2 Å². The Balaban J connectivity index is 2.79. The van der Waals surface area contributed by atoms with Gasteiger partial charge in [-0.05, 0) is 44.9 Å². The van der Waals surface area contributed by atoms with Gasteiger partial charge in [-0.25, -0.2) is 14.6 Å². The smallest absolute Gasteiger partial charge is 0.412 e. The molecule has 0 fully saturated rings. The number of benzene rings is 1. The first-order chi connectivity index (χ1) is 9.85. The summed E-state index contributed by atoms with van der Waals surface area (Å²) in [6, 6.07) is 5.34. The fourth-order valence-electron chi connectivity index (χ4n) is 1.64. The molecule has 0 saturated heterocycles. The molecule has 0 spiro atoms. The molecule has 21 heavy (non-hydrogen) atoms. The highest BCUT2D eigenvalue weighted by atomic mass is 16.6. The van der Waals surface area contributed by atoms with Crippen LogP contribution in [0.15, 0.2) is 23.2 Å². The van der Waals surface area contributed by atoms with Gasteiger partial charge in [-0.2, -0.15) is 0 Å². The zero-order chi connectivity index (χ0) is 15.9. The summed E-state index contributed by atoms with van der Waals surface area (Å²) in [6.45, 7) is 5.74. The lowest BCUT2D eigenvalue weighted by atomic mass is 10.1. The van der Waals surface area contributed by atoms with Gasteiger partial charge < -0.3 is 9.47 Å². The van der Waals surface area contributed by atoms with Crippen molar-refractivity contribution in [3.8, 4) is 5.75 Å². The number of methoxy groups -OCH3 is 1. The van der Waals surface area contributed by atoms with Crippen LogP contribution >= 0.6 is 0 Å². The molecule has 0 aliphatic rings. The molecule has 0 heterocycles. The van der Waals surface area contributed by atoms with Crippen molar-refractivity contribution in [1.29, 1.82) is 0 Å². The van der Waals surface area contributed by atoms with Gasteiger partial charge in [0.2, 0.25) is 6.08 Å². The lowest BCUT2D eigenvalue weighted by molar-refractivity contribution is 0.0635. The van der Waals surface area contributed by atoms with Gasteiger partial charge in [0.15, 0.2) is 0 Å². The van der Waals surface area contributed by atoms with Crippen molar-refractivity contribution in [3.63, 3.8) is 0 Å². The summed E-state index contributed by atoms with van der Waals surface area (Å²) in [5.41, 5.74) is 0.902. The number of isocyanates is 1. The zero-order valence-electron chi connectivity index (χ0n) is 12.7. The van der Waals surface area contributed by atoms with Crippen LogP contribution in [0, 0.1) is 0 Å². The summed E-state index contributed by atoms with van der Waals surface area (Å²) < 4.78 is 10.4. The van der Waals surface area contributed by atoms with E-state index in [4.69, 9.17) is 9.47 Å². The third-order valence-electron chi connectivity index (χ3n) is 2.48. The molecule has 1 aromatic carbocycles. The first-order valence-corrected chi connectivity index (χ1v) is 6.56. The van der Waals surface area contributed by atoms with Crippen molar-refractivity contribution in [2.75, 3.05) is 19.0 Å². The normalized spacial score (nSPS) is 10.5. The number of hydrogen-bond acceptors (Lipinski definition) is 5. The average Bonchev–Trinajstić information content (AvgIpc) is 2.38. The molecule has 0 saturated carbocycles. The van der Waals surface area contributed by atoms with Crippen molar-refractivity contribution in [2.24, 2.45) is 4.99 Å². The predicted molar refractivity (Wildman–Crippen MR) is 79.5 cm³/mol. The molecule has 1 rings (SSSR count). The van der Waals surface area contributed by atoms with E-state index in [0.29, 0.717) is 24.4 Å². The maximum atomic E-state index is 11.7. The van der Waals surface area contributed by atoms with E-state index >= 15 is 0 Å². The lowest BCUT2D eigenvalue weighted by Crippen LogP contribution is -2.27. The minimum absolute atomic E-state index is 0.367. The number of carbonyl (C=O) groups excluding carboxylic acids is 2. The molecule has 114 valence electrons. The summed E-state index contributed by atoms with van der Waals surface area (Å²) >= 11 is 0. The molecule has 0 radical (unpaired) electrons. The second-order valence-electron chi connectivity index (χ2n) is 5.38. The van der Waals surface area contributed by atoms with E-state index in [1.54, 1.807) is 32.9 Å². The van der Waals surface area contributed by atoms with Crippen molar-refractivity contribution < 1.29 is 19.1 Å². The van der Waals surface area contributed by atoms with E-state index in [-0.39, 0.29) is 0 Å². The Kier molecular flexibility index (Phi) is 5.93. The van der Waals surface area contributed by atoms with Gasteiger partial charge in [0.25, 0.3) is 0 Å². The van der Waals surface area contributed by atoms with Crippen molar-refractivity contribution in [1.82, 2.24) is 0 Å². The maximum Gasteiger partial charge on any atom is 0.412 e. The number of anilines is 1. The van der Waals surface area contributed by atoms with Gasteiger partial charge in [0.05, 0.1) is 19.3 Å². The van der Waals surface area contributed by atoms with Gasteiger partial charge in [0.1, 0.15) is 11.4 Å². The van der Waals surface area contributed by atoms with Crippen LogP contribution in [-0.4, -0.2) is 31.4 Å². The van der Waals surface area contributed by atoms with Crippen LogP contribution in [0.3, 0.4) is 0 Å². The number of rotatable bonds is 5. The van der Waals surface area contributed by atoms with Crippen LogP contribution < -0.4 is 10.1 Å². The number of carbonyl (C=O) groups is 1. The Morgan fingerprint density at radius 3 is 2.67 bits per heavy atom. The highest BCUT2D eigenvalue weighted by Gasteiger charge is 2.17. The third-order valence-corrected chi connectivity index (χ3v) is 2.48. The summed E-state index contributed by atoms with van der Waals surface area (Å²) in [5.74, 6) is 0.522. The second-order valence-corrected chi connectivity index (χ2v) is 5.38. The molecule has 0 aliphatic heterocycles.